The summed E-state index contributed by atoms with van der Waals surface area (Å²) in [6.07, 6.45) is 0.743. The van der Waals surface area contributed by atoms with E-state index in [-0.39, 0.29) is 5.56 Å². The van der Waals surface area contributed by atoms with Gasteiger partial charge in [-0.1, -0.05) is 25.1 Å². The van der Waals surface area contributed by atoms with E-state index in [2.05, 4.69) is 23.7 Å². The van der Waals surface area contributed by atoms with Crippen molar-refractivity contribution in [3.8, 4) is 22.6 Å². The van der Waals surface area contributed by atoms with Crippen molar-refractivity contribution in [2.45, 2.75) is 20.3 Å². The number of rotatable bonds is 7. The maximum absolute atomic E-state index is 11.9. The van der Waals surface area contributed by atoms with Crippen LogP contribution in [0.1, 0.15) is 28.5 Å². The van der Waals surface area contributed by atoms with Gasteiger partial charge in [-0.2, -0.15) is 16.4 Å². The number of methoxy groups -OCH3 is 1. The molecule has 0 spiro atoms. The summed E-state index contributed by atoms with van der Waals surface area (Å²) < 4.78 is 7.09. The van der Waals surface area contributed by atoms with Crippen molar-refractivity contribution in [3.63, 3.8) is 0 Å². The van der Waals surface area contributed by atoms with E-state index in [9.17, 15) is 9.90 Å². The lowest BCUT2D eigenvalue weighted by Gasteiger charge is -2.15. The van der Waals surface area contributed by atoms with Crippen molar-refractivity contribution in [1.29, 1.82) is 0 Å². The highest BCUT2D eigenvalue weighted by atomic mass is 32.1. The number of hydrogen-bond donors (Lipinski definition) is 2. The SMILES string of the molecule is CCc1nn(-c2ccccc2C)c(Nc2ccc(OC)cc2C(=O)O)c1-c1ccsc1. The monoisotopic (exact) mass is 433 g/mol. The largest absolute Gasteiger partial charge is 0.497 e. The molecule has 0 aliphatic heterocycles. The number of benzene rings is 2. The standard InChI is InChI=1S/C24H23N3O3S/c1-4-19-22(16-11-12-31-14-16)23(27(26-19)21-8-6-5-7-15(21)2)25-20-10-9-17(30-3)13-18(20)24(28)29/h5-14,25H,4H2,1-3H3,(H,28,29). The minimum atomic E-state index is -1.03. The molecule has 0 aliphatic carbocycles. The van der Waals surface area contributed by atoms with E-state index in [4.69, 9.17) is 9.84 Å². The number of thiophene rings is 1. The fourth-order valence-corrected chi connectivity index (χ4v) is 4.22. The van der Waals surface area contributed by atoms with Gasteiger partial charge in [0.05, 0.1) is 29.7 Å². The van der Waals surface area contributed by atoms with Gasteiger partial charge in [0.25, 0.3) is 0 Å². The summed E-state index contributed by atoms with van der Waals surface area (Å²) >= 11 is 1.61. The molecule has 2 aromatic heterocycles. The predicted molar refractivity (Wildman–Crippen MR) is 124 cm³/mol. The van der Waals surface area contributed by atoms with Crippen LogP contribution in [0.4, 0.5) is 11.5 Å². The van der Waals surface area contributed by atoms with E-state index < -0.39 is 5.97 Å². The smallest absolute Gasteiger partial charge is 0.337 e. The molecule has 2 N–H and O–H groups in total. The van der Waals surface area contributed by atoms with Crippen molar-refractivity contribution in [2.24, 2.45) is 0 Å². The fourth-order valence-electron chi connectivity index (χ4n) is 3.58. The molecule has 7 heteroatoms. The van der Waals surface area contributed by atoms with Gasteiger partial charge in [0.15, 0.2) is 0 Å². The number of nitrogens with zero attached hydrogens (tertiary/aromatic N) is 2. The van der Waals surface area contributed by atoms with E-state index in [1.165, 1.54) is 13.2 Å². The molecule has 0 saturated heterocycles. The zero-order valence-corrected chi connectivity index (χ0v) is 18.4. The molecule has 4 rings (SSSR count). The molecule has 0 aliphatic rings. The third kappa shape index (κ3) is 3.92. The Hall–Kier alpha value is -3.58. The fraction of sp³-hybridized carbons (Fsp3) is 0.167. The quantitative estimate of drug-likeness (QED) is 0.378. The maximum Gasteiger partial charge on any atom is 0.337 e. The van der Waals surface area contributed by atoms with Gasteiger partial charge in [-0.3, -0.25) is 0 Å². The summed E-state index contributed by atoms with van der Waals surface area (Å²) in [4.78, 5) is 11.9. The Morgan fingerprint density at radius 2 is 2.03 bits per heavy atom. The van der Waals surface area contributed by atoms with E-state index in [0.717, 1.165) is 40.3 Å². The summed E-state index contributed by atoms with van der Waals surface area (Å²) in [6, 6.07) is 15.0. The first kappa shape index (κ1) is 20.7. The number of carboxylic acid groups (broad SMARTS) is 1. The van der Waals surface area contributed by atoms with Gasteiger partial charge in [0.2, 0.25) is 0 Å². The average molecular weight is 434 g/mol. The van der Waals surface area contributed by atoms with Gasteiger partial charge in [-0.25, -0.2) is 9.48 Å². The van der Waals surface area contributed by atoms with Gasteiger partial charge < -0.3 is 15.2 Å². The zero-order valence-electron chi connectivity index (χ0n) is 17.5. The number of hydrogen-bond acceptors (Lipinski definition) is 5. The molecule has 0 atom stereocenters. The van der Waals surface area contributed by atoms with Gasteiger partial charge in [-0.15, -0.1) is 0 Å². The number of aryl methyl sites for hydroxylation is 2. The average Bonchev–Trinajstić information content (AvgIpc) is 3.42. The summed E-state index contributed by atoms with van der Waals surface area (Å²) in [5, 5.41) is 22.2. The van der Waals surface area contributed by atoms with E-state index in [1.54, 1.807) is 23.5 Å². The van der Waals surface area contributed by atoms with Crippen molar-refractivity contribution in [2.75, 3.05) is 12.4 Å². The van der Waals surface area contributed by atoms with Gasteiger partial charge in [0.1, 0.15) is 11.6 Å². The molecular weight excluding hydrogens is 410 g/mol. The Morgan fingerprint density at radius 1 is 1.23 bits per heavy atom. The van der Waals surface area contributed by atoms with Gasteiger partial charge >= 0.3 is 5.97 Å². The summed E-state index contributed by atoms with van der Waals surface area (Å²) in [5.74, 6) is 0.191. The molecule has 2 aromatic carbocycles. The highest BCUT2D eigenvalue weighted by Crippen LogP contribution is 2.38. The molecule has 4 aromatic rings. The van der Waals surface area contributed by atoms with Crippen LogP contribution in [0, 0.1) is 6.92 Å². The van der Waals surface area contributed by atoms with E-state index >= 15 is 0 Å². The highest BCUT2D eigenvalue weighted by molar-refractivity contribution is 7.08. The Kier molecular flexibility index (Phi) is 5.77. The Morgan fingerprint density at radius 3 is 2.68 bits per heavy atom. The second-order valence-corrected chi connectivity index (χ2v) is 7.86. The van der Waals surface area contributed by atoms with Crippen molar-refractivity contribution in [3.05, 3.63) is 76.1 Å². The Bertz CT molecular complexity index is 1230. The number of carboxylic acids is 1. The van der Waals surface area contributed by atoms with E-state index in [0.29, 0.717) is 11.4 Å². The third-order valence-electron chi connectivity index (χ3n) is 5.16. The van der Waals surface area contributed by atoms with Gasteiger partial charge in [-0.05, 0) is 65.6 Å². The summed E-state index contributed by atoms with van der Waals surface area (Å²) in [6.45, 7) is 4.10. The Balaban J connectivity index is 1.95. The normalized spacial score (nSPS) is 10.8. The number of ether oxygens (including phenoxy) is 1. The minimum Gasteiger partial charge on any atom is -0.497 e. The number of nitrogens with one attached hydrogen (secondary N) is 1. The van der Waals surface area contributed by atoms with Crippen LogP contribution in [-0.2, 0) is 6.42 Å². The number of anilines is 2. The lowest BCUT2D eigenvalue weighted by Crippen LogP contribution is -2.08. The molecule has 6 nitrogen and oxygen atoms in total. The minimum absolute atomic E-state index is 0.131. The van der Waals surface area contributed by atoms with Crippen LogP contribution in [0.5, 0.6) is 5.75 Å². The Labute approximate surface area is 184 Å². The van der Waals surface area contributed by atoms with Crippen molar-refractivity contribution < 1.29 is 14.6 Å². The molecule has 0 fully saturated rings. The van der Waals surface area contributed by atoms with E-state index in [1.807, 2.05) is 41.3 Å². The number of carbonyl (C=O) groups is 1. The lowest BCUT2D eigenvalue weighted by molar-refractivity contribution is 0.0697. The van der Waals surface area contributed by atoms with Gasteiger partial charge in [0, 0.05) is 5.56 Å². The van der Waals surface area contributed by atoms with Crippen molar-refractivity contribution in [1.82, 2.24) is 9.78 Å². The number of aromatic carboxylic acids is 1. The van der Waals surface area contributed by atoms with Crippen LogP contribution in [-0.4, -0.2) is 28.0 Å². The number of para-hydroxylation sites is 1. The predicted octanol–water partition coefficient (Wildman–Crippen LogP) is 5.92. The third-order valence-corrected chi connectivity index (χ3v) is 5.84. The molecule has 0 saturated carbocycles. The first-order chi connectivity index (χ1) is 15.0. The first-order valence-corrected chi connectivity index (χ1v) is 10.9. The number of aromatic nitrogens is 2. The summed E-state index contributed by atoms with van der Waals surface area (Å²) in [7, 11) is 1.52. The molecule has 0 bridgehead atoms. The molecule has 0 unspecified atom stereocenters. The molecule has 0 amide bonds. The topological polar surface area (TPSA) is 76.4 Å². The molecule has 0 radical (unpaired) electrons. The lowest BCUT2D eigenvalue weighted by atomic mass is 10.1. The first-order valence-electron chi connectivity index (χ1n) is 9.92. The second kappa shape index (κ2) is 8.65. The van der Waals surface area contributed by atoms with Crippen molar-refractivity contribution >= 4 is 28.8 Å². The maximum atomic E-state index is 11.9. The van der Waals surface area contributed by atoms with Crippen LogP contribution >= 0.6 is 11.3 Å². The summed E-state index contributed by atoms with van der Waals surface area (Å²) in [5.41, 5.74) is 5.57. The second-order valence-electron chi connectivity index (χ2n) is 7.08. The van der Waals surface area contributed by atoms with Crippen LogP contribution in [0.2, 0.25) is 0 Å². The van der Waals surface area contributed by atoms with Crippen LogP contribution in [0.25, 0.3) is 16.8 Å². The van der Waals surface area contributed by atoms with Crippen LogP contribution in [0.15, 0.2) is 59.3 Å². The molecule has 2 heterocycles. The zero-order chi connectivity index (χ0) is 22.0. The molecule has 158 valence electrons. The molecule has 31 heavy (non-hydrogen) atoms. The van der Waals surface area contributed by atoms with Crippen LogP contribution in [0.3, 0.4) is 0 Å². The van der Waals surface area contributed by atoms with Crippen LogP contribution < -0.4 is 10.1 Å². The molecular formula is C24H23N3O3S. The highest BCUT2D eigenvalue weighted by Gasteiger charge is 2.23.